The highest BCUT2D eigenvalue weighted by atomic mass is 28.4. The van der Waals surface area contributed by atoms with Gasteiger partial charge in [0.15, 0.2) is 6.23 Å². The summed E-state index contributed by atoms with van der Waals surface area (Å²) in [6, 6.07) is 0. The smallest absolute Gasteiger partial charge is 0.458 e. The molecule has 0 saturated heterocycles. The molecule has 0 aromatic carbocycles. The number of hydrogen-bond acceptors (Lipinski definition) is 5. The topological polar surface area (TPSA) is 54.0 Å². The van der Waals surface area contributed by atoms with Gasteiger partial charge in [-0.25, -0.2) is 4.79 Å². The van der Waals surface area contributed by atoms with Crippen molar-refractivity contribution in [2.24, 2.45) is 0 Å². The molecule has 0 unspecified atom stereocenters. The molecule has 0 atom stereocenters. The van der Waals surface area contributed by atoms with Gasteiger partial charge in [-0.2, -0.15) is 0 Å². The molecule has 0 rings (SSSR count). The summed E-state index contributed by atoms with van der Waals surface area (Å²) < 4.78 is 20.1. The summed E-state index contributed by atoms with van der Waals surface area (Å²) in [4.78, 5) is 11.1. The lowest BCUT2D eigenvalue weighted by Crippen LogP contribution is -2.48. The third-order valence-electron chi connectivity index (χ3n) is 1.66. The number of hydrogen-bond donors (Lipinski definition) is 0. The fourth-order valence-electron chi connectivity index (χ4n) is 0.704. The van der Waals surface area contributed by atoms with E-state index in [4.69, 9.17) is 18.0 Å². The van der Waals surface area contributed by atoms with Crippen molar-refractivity contribution in [1.82, 2.24) is 0 Å². The zero-order valence-electron chi connectivity index (χ0n) is 8.96. The van der Waals surface area contributed by atoms with Crippen LogP contribution >= 0.6 is 0 Å². The molecular formula is C10H24O5Si. The number of rotatable bonds is 6. The number of carbonyl (C=O) groups is 1. The summed E-state index contributed by atoms with van der Waals surface area (Å²) in [7, 11) is 1.55. The highest BCUT2D eigenvalue weighted by Gasteiger charge is 2.40. The summed E-state index contributed by atoms with van der Waals surface area (Å²) in [6.07, 6.45) is -0.0117. The second-order valence-corrected chi connectivity index (χ2v) is 5.53. The van der Waals surface area contributed by atoms with Gasteiger partial charge >= 0.3 is 14.8 Å². The van der Waals surface area contributed by atoms with Crippen LogP contribution in [-0.4, -0.2) is 42.3 Å². The molecule has 0 N–H and O–H groups in total. The van der Waals surface area contributed by atoms with Crippen LogP contribution in [0.1, 0.15) is 21.8 Å². The molecule has 0 heterocycles. The average molecular weight is 252 g/mol. The lowest BCUT2D eigenvalue weighted by molar-refractivity contribution is -0.138. The SMILES string of the molecule is C.C.C=C(C)C(=O)OC[Si](OC)(OC)OC. The minimum Gasteiger partial charge on any atom is -0.458 e. The molecule has 0 aliphatic rings. The van der Waals surface area contributed by atoms with E-state index in [1.165, 1.54) is 21.3 Å². The van der Waals surface area contributed by atoms with Gasteiger partial charge in [0.2, 0.25) is 0 Å². The minimum absolute atomic E-state index is 0. The molecule has 0 amide bonds. The Kier molecular flexibility index (Phi) is 12.3. The predicted octanol–water partition coefficient (Wildman–Crippen LogP) is 1.80. The molecule has 0 fully saturated rings. The Hall–Kier alpha value is -0.693. The molecule has 0 aromatic rings. The van der Waals surface area contributed by atoms with Crippen molar-refractivity contribution in [1.29, 1.82) is 0 Å². The standard InChI is InChI=1S/C8H16O5Si.2CH4/c1-7(2)8(9)13-6-14(10-3,11-4)12-5;;/h1,6H2,2-5H3;2*1H4. The van der Waals surface area contributed by atoms with E-state index in [0.717, 1.165) is 0 Å². The van der Waals surface area contributed by atoms with Gasteiger partial charge in [-0.1, -0.05) is 21.4 Å². The highest BCUT2D eigenvalue weighted by Crippen LogP contribution is 2.07. The third kappa shape index (κ3) is 6.01. The molecular weight excluding hydrogens is 228 g/mol. The van der Waals surface area contributed by atoms with Crippen molar-refractivity contribution in [3.8, 4) is 0 Å². The van der Waals surface area contributed by atoms with Crippen LogP contribution in [0.5, 0.6) is 0 Å². The van der Waals surface area contributed by atoms with Gasteiger partial charge in [0.25, 0.3) is 0 Å². The number of esters is 1. The monoisotopic (exact) mass is 252 g/mol. The van der Waals surface area contributed by atoms with E-state index in [1.54, 1.807) is 6.92 Å². The molecule has 0 aliphatic carbocycles. The quantitative estimate of drug-likeness (QED) is 0.410. The molecule has 5 nitrogen and oxygen atoms in total. The van der Waals surface area contributed by atoms with Crippen LogP contribution in [-0.2, 0) is 22.8 Å². The Morgan fingerprint density at radius 3 is 1.75 bits per heavy atom. The zero-order chi connectivity index (χ0) is 11.2. The van der Waals surface area contributed by atoms with Crippen LogP contribution in [0.15, 0.2) is 12.2 Å². The fraction of sp³-hybridized carbons (Fsp3) is 0.700. The summed E-state index contributed by atoms with van der Waals surface area (Å²) in [6.45, 7) is 5.02. The van der Waals surface area contributed by atoms with Crippen LogP contribution in [0.2, 0.25) is 0 Å². The maximum atomic E-state index is 11.1. The number of carbonyl (C=O) groups excluding carboxylic acids is 1. The van der Waals surface area contributed by atoms with Crippen molar-refractivity contribution in [3.05, 3.63) is 12.2 Å². The Morgan fingerprint density at radius 2 is 1.50 bits per heavy atom. The Bertz CT molecular complexity index is 205. The molecule has 0 bridgehead atoms. The Morgan fingerprint density at radius 1 is 1.12 bits per heavy atom. The van der Waals surface area contributed by atoms with E-state index in [0.29, 0.717) is 5.57 Å². The van der Waals surface area contributed by atoms with E-state index < -0.39 is 14.8 Å². The van der Waals surface area contributed by atoms with Gasteiger partial charge in [0, 0.05) is 26.9 Å². The maximum absolute atomic E-state index is 11.1. The molecule has 0 spiro atoms. The van der Waals surface area contributed by atoms with Crippen molar-refractivity contribution in [3.63, 3.8) is 0 Å². The van der Waals surface area contributed by atoms with Gasteiger partial charge in [0.05, 0.1) is 0 Å². The van der Waals surface area contributed by atoms with Crippen molar-refractivity contribution in [2.75, 3.05) is 27.6 Å². The first kappa shape index (κ1) is 20.7. The zero-order valence-corrected chi connectivity index (χ0v) is 9.96. The Balaban J connectivity index is -0.000000845. The van der Waals surface area contributed by atoms with E-state index >= 15 is 0 Å². The van der Waals surface area contributed by atoms with Gasteiger partial charge < -0.3 is 18.0 Å². The molecule has 6 heteroatoms. The first-order valence-electron chi connectivity index (χ1n) is 3.99. The van der Waals surface area contributed by atoms with Crippen LogP contribution in [0.4, 0.5) is 0 Å². The number of ether oxygens (including phenoxy) is 1. The average Bonchev–Trinajstić information content (AvgIpc) is 2.20. The van der Waals surface area contributed by atoms with Gasteiger partial charge in [0.1, 0.15) is 0 Å². The van der Waals surface area contributed by atoms with E-state index in [9.17, 15) is 4.79 Å². The minimum atomic E-state index is -2.81. The maximum Gasteiger partial charge on any atom is 0.539 e. The molecule has 0 radical (unpaired) electrons. The van der Waals surface area contributed by atoms with Crippen molar-refractivity contribution >= 4 is 14.8 Å². The van der Waals surface area contributed by atoms with E-state index in [2.05, 4.69) is 6.58 Å². The second-order valence-electron chi connectivity index (χ2n) is 2.65. The van der Waals surface area contributed by atoms with Crippen molar-refractivity contribution < 1.29 is 22.8 Å². The summed E-state index contributed by atoms with van der Waals surface area (Å²) in [5.41, 5.74) is 0.330. The lowest BCUT2D eigenvalue weighted by atomic mass is 10.4. The second kappa shape index (κ2) is 9.53. The van der Waals surface area contributed by atoms with Crippen LogP contribution < -0.4 is 0 Å². The first-order chi connectivity index (χ1) is 6.51. The summed E-state index contributed by atoms with van der Waals surface area (Å²) >= 11 is 0. The van der Waals surface area contributed by atoms with E-state index in [1.807, 2.05) is 0 Å². The summed E-state index contributed by atoms with van der Waals surface area (Å²) in [5.74, 6) is -0.479. The molecule has 0 aliphatic heterocycles. The molecule has 98 valence electrons. The van der Waals surface area contributed by atoms with Gasteiger partial charge in [-0.05, 0) is 6.92 Å². The third-order valence-corrected chi connectivity index (χ3v) is 4.03. The summed E-state index contributed by atoms with van der Waals surface area (Å²) in [5, 5.41) is 0. The van der Waals surface area contributed by atoms with Crippen LogP contribution in [0.3, 0.4) is 0 Å². The molecule has 0 saturated carbocycles. The Labute approximate surface area is 99.7 Å². The molecule has 0 aromatic heterocycles. The predicted molar refractivity (Wildman–Crippen MR) is 66.0 cm³/mol. The fourth-order valence-corrected chi connectivity index (χ4v) is 1.87. The largest absolute Gasteiger partial charge is 0.539 e. The van der Waals surface area contributed by atoms with Crippen molar-refractivity contribution in [2.45, 2.75) is 21.8 Å². The normalized spacial score (nSPS) is 9.75. The van der Waals surface area contributed by atoms with Crippen LogP contribution in [0, 0.1) is 0 Å². The van der Waals surface area contributed by atoms with E-state index in [-0.39, 0.29) is 21.1 Å². The molecule has 16 heavy (non-hydrogen) atoms. The lowest BCUT2D eigenvalue weighted by Gasteiger charge is -2.23. The van der Waals surface area contributed by atoms with Gasteiger partial charge in [-0.3, -0.25) is 0 Å². The highest BCUT2D eigenvalue weighted by molar-refractivity contribution is 6.60. The van der Waals surface area contributed by atoms with Crippen LogP contribution in [0.25, 0.3) is 0 Å². The van der Waals surface area contributed by atoms with Gasteiger partial charge in [-0.15, -0.1) is 0 Å². The first-order valence-corrected chi connectivity index (χ1v) is 5.92.